The summed E-state index contributed by atoms with van der Waals surface area (Å²) >= 11 is 0. The van der Waals surface area contributed by atoms with Crippen molar-refractivity contribution in [3.05, 3.63) is 0 Å². The lowest BCUT2D eigenvalue weighted by Gasteiger charge is -2.21. The Morgan fingerprint density at radius 2 is 1.93 bits per heavy atom. The van der Waals surface area contributed by atoms with Crippen LogP contribution in [-0.4, -0.2) is 24.3 Å². The lowest BCUT2D eigenvalue weighted by molar-refractivity contribution is 0.278. The van der Waals surface area contributed by atoms with Gasteiger partial charge in [-0.2, -0.15) is 5.26 Å². The van der Waals surface area contributed by atoms with Crippen LogP contribution in [0.2, 0.25) is 0 Å². The molecule has 1 aliphatic rings. The van der Waals surface area contributed by atoms with Gasteiger partial charge in [-0.1, -0.05) is 25.7 Å². The lowest BCUT2D eigenvalue weighted by atomic mass is 9.92. The number of hydrogen-bond acceptors (Lipinski definition) is 3. The molecule has 3 heteroatoms. The first-order valence-electron chi connectivity index (χ1n) is 6.12. The molecule has 0 aliphatic heterocycles. The van der Waals surface area contributed by atoms with Crippen LogP contribution in [0.4, 0.5) is 0 Å². The van der Waals surface area contributed by atoms with Crippen molar-refractivity contribution >= 4 is 0 Å². The summed E-state index contributed by atoms with van der Waals surface area (Å²) in [6, 6.07) is 2.36. The van der Waals surface area contributed by atoms with Gasteiger partial charge in [0.15, 0.2) is 0 Å². The number of hydrogen-bond donors (Lipinski definition) is 2. The van der Waals surface area contributed by atoms with E-state index in [0.29, 0.717) is 5.92 Å². The molecule has 0 amide bonds. The molecule has 86 valence electrons. The second kappa shape index (κ2) is 7.67. The summed E-state index contributed by atoms with van der Waals surface area (Å²) in [5.41, 5.74) is 0. The van der Waals surface area contributed by atoms with Crippen LogP contribution in [0.25, 0.3) is 0 Å². The first-order valence-corrected chi connectivity index (χ1v) is 6.12. The Morgan fingerprint density at radius 1 is 1.27 bits per heavy atom. The van der Waals surface area contributed by atoms with Gasteiger partial charge < -0.3 is 10.4 Å². The summed E-state index contributed by atoms with van der Waals surface area (Å²) in [6.45, 7) is 0.959. The van der Waals surface area contributed by atoms with Crippen molar-refractivity contribution in [1.82, 2.24) is 5.32 Å². The molecule has 1 atom stereocenters. The SMILES string of the molecule is N#CC(NCCCO)C1CCCCCC1. The molecular weight excluding hydrogens is 188 g/mol. The highest BCUT2D eigenvalue weighted by molar-refractivity contribution is 4.95. The van der Waals surface area contributed by atoms with Crippen LogP contribution in [0.1, 0.15) is 44.9 Å². The largest absolute Gasteiger partial charge is 0.396 e. The molecule has 0 heterocycles. The zero-order valence-electron chi connectivity index (χ0n) is 9.41. The minimum atomic E-state index is -0.00495. The van der Waals surface area contributed by atoms with Gasteiger partial charge in [-0.3, -0.25) is 0 Å². The quantitative estimate of drug-likeness (QED) is 0.537. The molecule has 0 bridgehead atoms. The van der Waals surface area contributed by atoms with E-state index in [1.165, 1.54) is 38.5 Å². The van der Waals surface area contributed by atoms with Crippen LogP contribution < -0.4 is 5.32 Å². The van der Waals surface area contributed by atoms with Crippen LogP contribution in [0, 0.1) is 17.2 Å². The van der Waals surface area contributed by atoms with Crippen molar-refractivity contribution in [2.45, 2.75) is 51.0 Å². The highest BCUT2D eigenvalue weighted by Gasteiger charge is 2.21. The van der Waals surface area contributed by atoms with Gasteiger partial charge in [0, 0.05) is 6.61 Å². The Balaban J connectivity index is 2.31. The standard InChI is InChI=1S/C12H22N2O/c13-10-12(14-8-5-9-15)11-6-3-1-2-4-7-11/h11-12,14-15H,1-9H2. The summed E-state index contributed by atoms with van der Waals surface area (Å²) < 4.78 is 0. The molecule has 0 spiro atoms. The Morgan fingerprint density at radius 3 is 2.47 bits per heavy atom. The van der Waals surface area contributed by atoms with E-state index in [-0.39, 0.29) is 12.6 Å². The topological polar surface area (TPSA) is 56.0 Å². The molecule has 3 nitrogen and oxygen atoms in total. The number of aliphatic hydroxyl groups excluding tert-OH is 1. The number of nitriles is 1. The third-order valence-corrected chi connectivity index (χ3v) is 3.21. The fourth-order valence-corrected chi connectivity index (χ4v) is 2.30. The van der Waals surface area contributed by atoms with Gasteiger partial charge in [0.1, 0.15) is 0 Å². The van der Waals surface area contributed by atoms with Gasteiger partial charge in [0.2, 0.25) is 0 Å². The molecule has 15 heavy (non-hydrogen) atoms. The molecule has 0 aromatic carbocycles. The second-order valence-corrected chi connectivity index (χ2v) is 4.39. The summed E-state index contributed by atoms with van der Waals surface area (Å²) in [5, 5.41) is 21.0. The van der Waals surface area contributed by atoms with E-state index in [4.69, 9.17) is 10.4 Å². The van der Waals surface area contributed by atoms with E-state index in [0.717, 1.165) is 13.0 Å². The smallest absolute Gasteiger partial charge is 0.0981 e. The molecule has 0 saturated heterocycles. The molecule has 1 saturated carbocycles. The van der Waals surface area contributed by atoms with Gasteiger partial charge in [-0.15, -0.1) is 0 Å². The van der Waals surface area contributed by atoms with Crippen molar-refractivity contribution in [3.8, 4) is 6.07 Å². The molecule has 0 aromatic heterocycles. The molecule has 1 fully saturated rings. The maximum Gasteiger partial charge on any atom is 0.0981 e. The predicted octanol–water partition coefficient (Wildman–Crippen LogP) is 1.82. The van der Waals surface area contributed by atoms with Crippen molar-refractivity contribution in [1.29, 1.82) is 5.26 Å². The molecule has 0 aromatic rings. The maximum atomic E-state index is 9.09. The summed E-state index contributed by atoms with van der Waals surface area (Å²) in [4.78, 5) is 0. The summed E-state index contributed by atoms with van der Waals surface area (Å²) in [5.74, 6) is 0.524. The summed E-state index contributed by atoms with van der Waals surface area (Å²) in [7, 11) is 0. The van der Waals surface area contributed by atoms with Crippen LogP contribution in [0.5, 0.6) is 0 Å². The van der Waals surface area contributed by atoms with E-state index in [2.05, 4.69) is 11.4 Å². The minimum absolute atomic E-state index is 0.00495. The van der Waals surface area contributed by atoms with Crippen molar-refractivity contribution < 1.29 is 5.11 Å². The molecule has 1 unspecified atom stereocenters. The molecule has 0 radical (unpaired) electrons. The van der Waals surface area contributed by atoms with Crippen LogP contribution in [0.3, 0.4) is 0 Å². The van der Waals surface area contributed by atoms with E-state index < -0.39 is 0 Å². The maximum absolute atomic E-state index is 9.09. The van der Waals surface area contributed by atoms with Gasteiger partial charge >= 0.3 is 0 Å². The minimum Gasteiger partial charge on any atom is -0.396 e. The predicted molar refractivity (Wildman–Crippen MR) is 60.3 cm³/mol. The number of nitrogens with one attached hydrogen (secondary N) is 1. The Bertz CT molecular complexity index is 192. The zero-order chi connectivity index (χ0) is 10.9. The van der Waals surface area contributed by atoms with E-state index in [1.807, 2.05) is 0 Å². The Labute approximate surface area is 92.5 Å². The van der Waals surface area contributed by atoms with Gasteiger partial charge in [-0.05, 0) is 31.7 Å². The molecule has 1 rings (SSSR count). The average Bonchev–Trinajstić information content (AvgIpc) is 2.53. The third-order valence-electron chi connectivity index (χ3n) is 3.21. The van der Waals surface area contributed by atoms with Crippen LogP contribution >= 0.6 is 0 Å². The second-order valence-electron chi connectivity index (χ2n) is 4.39. The lowest BCUT2D eigenvalue weighted by Crippen LogP contribution is -2.35. The first kappa shape index (κ1) is 12.5. The van der Waals surface area contributed by atoms with Crippen LogP contribution in [0.15, 0.2) is 0 Å². The molecular formula is C12H22N2O. The fourth-order valence-electron chi connectivity index (χ4n) is 2.30. The molecule has 2 N–H and O–H groups in total. The van der Waals surface area contributed by atoms with Gasteiger partial charge in [0.05, 0.1) is 12.1 Å². The van der Waals surface area contributed by atoms with Crippen molar-refractivity contribution in [2.75, 3.05) is 13.2 Å². The number of aliphatic hydroxyl groups is 1. The van der Waals surface area contributed by atoms with Crippen molar-refractivity contribution in [2.24, 2.45) is 5.92 Å². The highest BCUT2D eigenvalue weighted by Crippen LogP contribution is 2.25. The fraction of sp³-hybridized carbons (Fsp3) is 0.917. The van der Waals surface area contributed by atoms with Crippen LogP contribution in [-0.2, 0) is 0 Å². The molecule has 1 aliphatic carbocycles. The monoisotopic (exact) mass is 210 g/mol. The van der Waals surface area contributed by atoms with E-state index >= 15 is 0 Å². The summed E-state index contributed by atoms with van der Waals surface area (Å²) in [6.07, 6.45) is 8.30. The average molecular weight is 210 g/mol. The number of nitrogens with zero attached hydrogens (tertiary/aromatic N) is 1. The van der Waals surface area contributed by atoms with E-state index in [1.54, 1.807) is 0 Å². The normalized spacial score (nSPS) is 20.5. The first-order chi connectivity index (χ1) is 7.38. The highest BCUT2D eigenvalue weighted by atomic mass is 16.3. The van der Waals surface area contributed by atoms with Gasteiger partial charge in [0.25, 0.3) is 0 Å². The zero-order valence-corrected chi connectivity index (χ0v) is 9.41. The Hall–Kier alpha value is -0.590. The van der Waals surface area contributed by atoms with E-state index in [9.17, 15) is 0 Å². The number of rotatable bonds is 5. The van der Waals surface area contributed by atoms with Crippen molar-refractivity contribution in [3.63, 3.8) is 0 Å². The van der Waals surface area contributed by atoms with Gasteiger partial charge in [-0.25, -0.2) is 0 Å². The Kier molecular flexibility index (Phi) is 6.38. The third kappa shape index (κ3) is 4.63.